The van der Waals surface area contributed by atoms with E-state index in [0.717, 1.165) is 0 Å². The van der Waals surface area contributed by atoms with Crippen molar-refractivity contribution in [2.24, 2.45) is 0 Å². The molecule has 3 N–H and O–H groups in total. The number of benzene rings is 2. The molecule has 0 fully saturated rings. The van der Waals surface area contributed by atoms with Gasteiger partial charge in [-0.15, -0.1) is 6.58 Å². The molecule has 10 heteroatoms. The summed E-state index contributed by atoms with van der Waals surface area (Å²) < 4.78 is 27.5. The largest absolute Gasteiger partial charge is 0.328 e. The summed E-state index contributed by atoms with van der Waals surface area (Å²) in [5.74, 6) is -0.507. The first-order valence-corrected chi connectivity index (χ1v) is 11.1. The van der Waals surface area contributed by atoms with Crippen molar-refractivity contribution in [3.05, 3.63) is 87.6 Å². The van der Waals surface area contributed by atoms with Gasteiger partial charge in [0.25, 0.3) is 5.56 Å². The number of aromatic amines is 1. The van der Waals surface area contributed by atoms with E-state index < -0.39 is 21.3 Å². The molecule has 2 aromatic carbocycles. The molecule has 0 atom stereocenters. The Labute approximate surface area is 178 Å². The lowest BCUT2D eigenvalue weighted by Gasteiger charge is -2.10. The van der Waals surface area contributed by atoms with Gasteiger partial charge in [-0.2, -0.15) is 0 Å². The van der Waals surface area contributed by atoms with Crippen LogP contribution in [-0.4, -0.2) is 30.4 Å². The minimum absolute atomic E-state index is 0.0115. The van der Waals surface area contributed by atoms with E-state index in [2.05, 4.69) is 21.6 Å². The molecule has 0 aliphatic heterocycles. The van der Waals surface area contributed by atoms with Crippen LogP contribution in [-0.2, 0) is 27.1 Å². The molecular formula is C21H22N4O5S. The number of nitrogens with one attached hydrogen (secondary N) is 3. The molecule has 9 nitrogen and oxygen atoms in total. The van der Waals surface area contributed by atoms with Crippen LogP contribution in [0.2, 0.25) is 0 Å². The molecule has 162 valence electrons. The number of para-hydroxylation sites is 1. The third kappa shape index (κ3) is 5.77. The summed E-state index contributed by atoms with van der Waals surface area (Å²) in [4.78, 5) is 38.6. The van der Waals surface area contributed by atoms with Gasteiger partial charge in [-0.1, -0.05) is 30.3 Å². The fraction of sp³-hybridized carbons (Fsp3) is 0.190. The van der Waals surface area contributed by atoms with Gasteiger partial charge in [0.15, 0.2) is 0 Å². The van der Waals surface area contributed by atoms with Crippen LogP contribution in [0, 0.1) is 0 Å². The number of H-pyrrole nitrogens is 1. The van der Waals surface area contributed by atoms with E-state index in [0.29, 0.717) is 22.2 Å². The third-order valence-electron chi connectivity index (χ3n) is 4.51. The van der Waals surface area contributed by atoms with E-state index in [4.69, 9.17) is 0 Å². The SMILES string of the molecule is C=CCNS(=O)(=O)Cc1ccc(NC(=O)CCn2c(=O)[nH]c(=O)c3ccccc32)cc1. The van der Waals surface area contributed by atoms with Crippen molar-refractivity contribution in [3.63, 3.8) is 0 Å². The van der Waals surface area contributed by atoms with Crippen LogP contribution in [0.4, 0.5) is 5.69 Å². The Hall–Kier alpha value is -3.50. The Balaban J connectivity index is 1.63. The van der Waals surface area contributed by atoms with Gasteiger partial charge < -0.3 is 5.32 Å². The number of aromatic nitrogens is 2. The molecule has 1 heterocycles. The third-order valence-corrected chi connectivity index (χ3v) is 5.83. The summed E-state index contributed by atoms with van der Waals surface area (Å²) >= 11 is 0. The average molecular weight is 442 g/mol. The molecule has 3 aromatic rings. The van der Waals surface area contributed by atoms with E-state index in [1.165, 1.54) is 10.6 Å². The van der Waals surface area contributed by atoms with E-state index in [-0.39, 0.29) is 31.2 Å². The first-order chi connectivity index (χ1) is 14.8. The predicted octanol–water partition coefficient (Wildman–Crippen LogP) is 1.32. The quantitative estimate of drug-likeness (QED) is 0.430. The minimum Gasteiger partial charge on any atom is -0.326 e. The van der Waals surface area contributed by atoms with E-state index >= 15 is 0 Å². The summed E-state index contributed by atoms with van der Waals surface area (Å²) in [6.45, 7) is 3.71. The second-order valence-electron chi connectivity index (χ2n) is 6.82. The predicted molar refractivity (Wildman–Crippen MR) is 119 cm³/mol. The molecule has 0 saturated carbocycles. The molecule has 0 saturated heterocycles. The fourth-order valence-corrected chi connectivity index (χ4v) is 4.15. The van der Waals surface area contributed by atoms with Crippen LogP contribution < -0.4 is 21.3 Å². The fourth-order valence-electron chi connectivity index (χ4n) is 3.04. The van der Waals surface area contributed by atoms with Gasteiger partial charge in [-0.3, -0.25) is 19.1 Å². The Morgan fingerprint density at radius 2 is 1.81 bits per heavy atom. The normalized spacial score (nSPS) is 11.4. The summed E-state index contributed by atoms with van der Waals surface area (Å²) in [6.07, 6.45) is 1.47. The minimum atomic E-state index is -3.46. The second kappa shape index (κ2) is 9.54. The molecule has 31 heavy (non-hydrogen) atoms. The van der Waals surface area contributed by atoms with Gasteiger partial charge in [0.2, 0.25) is 15.9 Å². The van der Waals surface area contributed by atoms with Gasteiger partial charge in [0.1, 0.15) is 0 Å². The Morgan fingerprint density at radius 1 is 1.10 bits per heavy atom. The standard InChI is InChI=1S/C21H22N4O5S/c1-2-12-22-31(29,30)14-15-7-9-16(10-8-15)23-19(26)11-13-25-18-6-4-3-5-17(18)20(27)24-21(25)28/h2-10,22H,1,11-14H2,(H,23,26)(H,24,27,28). The molecule has 0 radical (unpaired) electrons. The van der Waals surface area contributed by atoms with Crippen molar-refractivity contribution in [2.45, 2.75) is 18.7 Å². The lowest BCUT2D eigenvalue weighted by atomic mass is 10.2. The second-order valence-corrected chi connectivity index (χ2v) is 8.63. The highest BCUT2D eigenvalue weighted by Gasteiger charge is 2.11. The lowest BCUT2D eigenvalue weighted by Crippen LogP contribution is -2.31. The number of aryl methyl sites for hydroxylation is 1. The number of fused-ring (bicyclic) bond motifs is 1. The summed E-state index contributed by atoms with van der Waals surface area (Å²) in [5, 5.41) is 3.08. The zero-order valence-corrected chi connectivity index (χ0v) is 17.4. The number of nitrogens with zero attached hydrogens (tertiary/aromatic N) is 1. The van der Waals surface area contributed by atoms with Crippen molar-refractivity contribution >= 4 is 32.5 Å². The first kappa shape index (κ1) is 22.2. The van der Waals surface area contributed by atoms with Gasteiger partial charge in [-0.25, -0.2) is 17.9 Å². The maximum absolute atomic E-state index is 12.3. The van der Waals surface area contributed by atoms with Crippen LogP contribution in [0.5, 0.6) is 0 Å². The summed E-state index contributed by atoms with van der Waals surface area (Å²) in [7, 11) is -3.46. The summed E-state index contributed by atoms with van der Waals surface area (Å²) in [6, 6.07) is 13.1. The zero-order chi connectivity index (χ0) is 22.4. The Kier molecular flexibility index (Phi) is 6.83. The van der Waals surface area contributed by atoms with Crippen LogP contribution in [0.1, 0.15) is 12.0 Å². The molecule has 0 unspecified atom stereocenters. The van der Waals surface area contributed by atoms with Gasteiger partial charge in [-0.05, 0) is 29.8 Å². The van der Waals surface area contributed by atoms with Crippen molar-refractivity contribution in [1.29, 1.82) is 0 Å². The number of hydrogen-bond donors (Lipinski definition) is 3. The van der Waals surface area contributed by atoms with Crippen molar-refractivity contribution in [1.82, 2.24) is 14.3 Å². The summed E-state index contributed by atoms with van der Waals surface area (Å²) in [5.41, 5.74) is 0.486. The number of carbonyl (C=O) groups is 1. The van der Waals surface area contributed by atoms with Crippen LogP contribution in [0.3, 0.4) is 0 Å². The number of amides is 1. The number of carbonyl (C=O) groups excluding carboxylic acids is 1. The van der Waals surface area contributed by atoms with Gasteiger partial charge >= 0.3 is 5.69 Å². The highest BCUT2D eigenvalue weighted by Crippen LogP contribution is 2.13. The van der Waals surface area contributed by atoms with Crippen molar-refractivity contribution in [3.8, 4) is 0 Å². The van der Waals surface area contributed by atoms with Gasteiger partial charge in [0, 0.05) is 25.2 Å². The average Bonchev–Trinajstić information content (AvgIpc) is 2.73. The van der Waals surface area contributed by atoms with Crippen LogP contribution in [0.25, 0.3) is 10.9 Å². The number of sulfonamides is 1. The zero-order valence-electron chi connectivity index (χ0n) is 16.6. The molecule has 0 spiro atoms. The lowest BCUT2D eigenvalue weighted by molar-refractivity contribution is -0.116. The molecule has 0 aliphatic rings. The van der Waals surface area contributed by atoms with E-state index in [1.54, 1.807) is 48.5 Å². The molecule has 1 amide bonds. The highest BCUT2D eigenvalue weighted by molar-refractivity contribution is 7.88. The molecule has 3 rings (SSSR count). The maximum Gasteiger partial charge on any atom is 0.328 e. The van der Waals surface area contributed by atoms with Crippen molar-refractivity contribution in [2.75, 3.05) is 11.9 Å². The van der Waals surface area contributed by atoms with Crippen molar-refractivity contribution < 1.29 is 13.2 Å². The number of hydrogen-bond acceptors (Lipinski definition) is 5. The molecular weight excluding hydrogens is 420 g/mol. The van der Waals surface area contributed by atoms with Crippen LogP contribution in [0.15, 0.2) is 70.8 Å². The topological polar surface area (TPSA) is 130 Å². The Morgan fingerprint density at radius 3 is 2.52 bits per heavy atom. The molecule has 1 aromatic heterocycles. The monoisotopic (exact) mass is 442 g/mol. The highest BCUT2D eigenvalue weighted by atomic mass is 32.2. The smallest absolute Gasteiger partial charge is 0.326 e. The maximum atomic E-state index is 12.3. The number of rotatable bonds is 9. The first-order valence-electron chi connectivity index (χ1n) is 9.48. The van der Waals surface area contributed by atoms with E-state index in [9.17, 15) is 22.8 Å². The molecule has 0 bridgehead atoms. The van der Waals surface area contributed by atoms with E-state index in [1.807, 2.05) is 0 Å². The Bertz CT molecular complexity index is 1320. The molecule has 0 aliphatic carbocycles. The van der Waals surface area contributed by atoms with Gasteiger partial charge in [0.05, 0.1) is 16.7 Å². The number of anilines is 1. The van der Waals surface area contributed by atoms with Crippen LogP contribution >= 0.6 is 0 Å².